The number of nitrogens with zero attached hydrogens (tertiary/aromatic N) is 2. The number of carbonyl (C=O) groups excluding carboxylic acids is 1. The highest BCUT2D eigenvalue weighted by atomic mass is 32.2. The Bertz CT molecular complexity index is 710. The number of rotatable bonds is 5. The zero-order valence-corrected chi connectivity index (χ0v) is 14.9. The zero-order valence-electron chi connectivity index (χ0n) is 14.1. The Kier molecular flexibility index (Phi) is 5.22. The highest BCUT2D eigenvalue weighted by Gasteiger charge is 2.29. The lowest BCUT2D eigenvalue weighted by atomic mass is 10.1. The summed E-state index contributed by atoms with van der Waals surface area (Å²) in [4.78, 5) is 14.0. The van der Waals surface area contributed by atoms with E-state index < -0.39 is 10.0 Å². The average Bonchev–Trinajstić information content (AvgIpc) is 3.03. The van der Waals surface area contributed by atoms with Crippen molar-refractivity contribution in [2.45, 2.75) is 31.1 Å². The molecule has 0 atom stereocenters. The van der Waals surface area contributed by atoms with Gasteiger partial charge in [-0.3, -0.25) is 9.69 Å². The molecule has 132 valence electrons. The number of nitrogens with one attached hydrogen (secondary N) is 1. The first-order valence-corrected chi connectivity index (χ1v) is 10.1. The lowest BCUT2D eigenvalue weighted by Crippen LogP contribution is -2.51. The molecule has 0 radical (unpaired) electrons. The second kappa shape index (κ2) is 7.21. The normalized spacial score (nSPS) is 19.2. The number of aryl methyl sites for hydroxylation is 2. The van der Waals surface area contributed by atoms with Gasteiger partial charge in [-0.15, -0.1) is 0 Å². The topological polar surface area (TPSA) is 69.7 Å². The van der Waals surface area contributed by atoms with Crippen LogP contribution in [0, 0.1) is 0 Å². The molecular weight excluding hydrogens is 326 g/mol. The van der Waals surface area contributed by atoms with Crippen LogP contribution in [0.15, 0.2) is 23.1 Å². The van der Waals surface area contributed by atoms with Crippen LogP contribution in [0.25, 0.3) is 0 Å². The van der Waals surface area contributed by atoms with Gasteiger partial charge in [0.25, 0.3) is 0 Å². The lowest BCUT2D eigenvalue weighted by Gasteiger charge is -2.33. The maximum absolute atomic E-state index is 12.8. The number of sulfonamides is 1. The highest BCUT2D eigenvalue weighted by molar-refractivity contribution is 7.89. The van der Waals surface area contributed by atoms with Gasteiger partial charge in [0.1, 0.15) is 0 Å². The van der Waals surface area contributed by atoms with Crippen molar-refractivity contribution in [3.8, 4) is 0 Å². The van der Waals surface area contributed by atoms with Gasteiger partial charge in [-0.2, -0.15) is 4.31 Å². The average molecular weight is 351 g/mol. The number of piperazine rings is 1. The summed E-state index contributed by atoms with van der Waals surface area (Å²) in [7, 11) is -3.44. The Morgan fingerprint density at radius 2 is 1.83 bits per heavy atom. The van der Waals surface area contributed by atoms with Gasteiger partial charge in [-0.25, -0.2) is 8.42 Å². The van der Waals surface area contributed by atoms with Crippen LogP contribution in [-0.4, -0.2) is 62.8 Å². The van der Waals surface area contributed by atoms with E-state index in [9.17, 15) is 13.2 Å². The summed E-state index contributed by atoms with van der Waals surface area (Å²) in [6, 6.07) is 5.54. The van der Waals surface area contributed by atoms with Crippen molar-refractivity contribution >= 4 is 15.9 Å². The van der Waals surface area contributed by atoms with E-state index in [1.807, 2.05) is 24.0 Å². The van der Waals surface area contributed by atoms with E-state index in [-0.39, 0.29) is 5.91 Å². The van der Waals surface area contributed by atoms with Gasteiger partial charge in [-0.1, -0.05) is 6.07 Å². The van der Waals surface area contributed by atoms with Crippen LogP contribution in [0.3, 0.4) is 0 Å². The van der Waals surface area contributed by atoms with Crippen LogP contribution in [0.1, 0.15) is 24.5 Å². The predicted molar refractivity (Wildman–Crippen MR) is 92.3 cm³/mol. The fourth-order valence-electron chi connectivity index (χ4n) is 3.44. The van der Waals surface area contributed by atoms with Gasteiger partial charge < -0.3 is 5.32 Å². The van der Waals surface area contributed by atoms with Gasteiger partial charge in [0.2, 0.25) is 15.9 Å². The van der Waals surface area contributed by atoms with Crippen molar-refractivity contribution < 1.29 is 13.2 Å². The molecule has 7 heteroatoms. The van der Waals surface area contributed by atoms with Gasteiger partial charge in [0, 0.05) is 32.7 Å². The number of hydrogen-bond donors (Lipinski definition) is 1. The van der Waals surface area contributed by atoms with Crippen molar-refractivity contribution in [1.29, 1.82) is 0 Å². The Morgan fingerprint density at radius 1 is 1.12 bits per heavy atom. The summed E-state index contributed by atoms with van der Waals surface area (Å²) >= 11 is 0. The van der Waals surface area contributed by atoms with E-state index in [4.69, 9.17) is 0 Å². The molecule has 1 aromatic rings. The molecule has 1 amide bonds. The van der Waals surface area contributed by atoms with Gasteiger partial charge in [0.05, 0.1) is 11.4 Å². The summed E-state index contributed by atoms with van der Waals surface area (Å²) in [5.41, 5.74) is 2.45. The number of carbonyl (C=O) groups is 1. The molecule has 0 aromatic heterocycles. The Labute approximate surface area is 143 Å². The van der Waals surface area contributed by atoms with E-state index in [2.05, 4.69) is 5.32 Å². The van der Waals surface area contributed by atoms with Crippen LogP contribution < -0.4 is 5.32 Å². The molecule has 3 rings (SSSR count). The van der Waals surface area contributed by atoms with Gasteiger partial charge in [-0.05, 0) is 49.4 Å². The van der Waals surface area contributed by atoms with Crippen LogP contribution in [0.2, 0.25) is 0 Å². The molecular formula is C17H25N3O3S. The van der Waals surface area contributed by atoms with Crippen molar-refractivity contribution in [2.75, 3.05) is 39.3 Å². The smallest absolute Gasteiger partial charge is 0.243 e. The van der Waals surface area contributed by atoms with E-state index in [0.717, 1.165) is 19.3 Å². The summed E-state index contributed by atoms with van der Waals surface area (Å²) in [5, 5.41) is 2.77. The minimum absolute atomic E-state index is 0.00701. The second-order valence-electron chi connectivity index (χ2n) is 6.42. The standard InChI is InChI=1S/C17H25N3O3S/c1-2-18-17(21)13-19-8-10-20(11-9-19)24(22,23)16-7-6-14-4-3-5-15(14)12-16/h6-7,12H,2-5,8-11,13H2,1H3,(H,18,21). The summed E-state index contributed by atoms with van der Waals surface area (Å²) < 4.78 is 27.2. The quantitative estimate of drug-likeness (QED) is 0.844. The molecule has 1 heterocycles. The molecule has 2 aliphatic rings. The molecule has 0 bridgehead atoms. The SMILES string of the molecule is CCNC(=O)CN1CCN(S(=O)(=O)c2ccc3c(c2)CCC3)CC1. The highest BCUT2D eigenvalue weighted by Crippen LogP contribution is 2.26. The molecule has 1 aliphatic carbocycles. The number of benzene rings is 1. The molecule has 1 N–H and O–H groups in total. The molecule has 0 saturated carbocycles. The molecule has 1 saturated heterocycles. The first-order chi connectivity index (χ1) is 11.5. The maximum Gasteiger partial charge on any atom is 0.243 e. The fraction of sp³-hybridized carbons (Fsp3) is 0.588. The Balaban J connectivity index is 1.64. The summed E-state index contributed by atoms with van der Waals surface area (Å²) in [5.74, 6) is -0.00701. The zero-order chi connectivity index (χ0) is 17.2. The Hall–Kier alpha value is -1.44. The Morgan fingerprint density at radius 3 is 2.54 bits per heavy atom. The van der Waals surface area contributed by atoms with Crippen molar-refractivity contribution in [2.24, 2.45) is 0 Å². The molecule has 1 aromatic carbocycles. The van der Waals surface area contributed by atoms with E-state index >= 15 is 0 Å². The molecule has 1 aliphatic heterocycles. The second-order valence-corrected chi connectivity index (χ2v) is 8.36. The largest absolute Gasteiger partial charge is 0.355 e. The molecule has 1 fully saturated rings. The summed E-state index contributed by atoms with van der Waals surface area (Å²) in [6.07, 6.45) is 3.13. The number of amides is 1. The van der Waals surface area contributed by atoms with Crippen molar-refractivity contribution in [3.05, 3.63) is 29.3 Å². The molecule has 6 nitrogen and oxygen atoms in total. The van der Waals surface area contributed by atoms with Crippen LogP contribution in [-0.2, 0) is 27.7 Å². The minimum atomic E-state index is -3.44. The monoisotopic (exact) mass is 351 g/mol. The molecule has 24 heavy (non-hydrogen) atoms. The third kappa shape index (κ3) is 3.63. The lowest BCUT2D eigenvalue weighted by molar-refractivity contribution is -0.122. The van der Waals surface area contributed by atoms with Crippen LogP contribution >= 0.6 is 0 Å². The van der Waals surface area contributed by atoms with Crippen LogP contribution in [0.4, 0.5) is 0 Å². The number of fused-ring (bicyclic) bond motifs is 1. The maximum atomic E-state index is 12.8. The fourth-order valence-corrected chi connectivity index (χ4v) is 4.92. The molecule has 0 spiro atoms. The van der Waals surface area contributed by atoms with Crippen LogP contribution in [0.5, 0.6) is 0 Å². The van der Waals surface area contributed by atoms with Gasteiger partial charge >= 0.3 is 0 Å². The third-order valence-electron chi connectivity index (χ3n) is 4.78. The van der Waals surface area contributed by atoms with Gasteiger partial charge in [0.15, 0.2) is 0 Å². The first kappa shape index (κ1) is 17.4. The van der Waals surface area contributed by atoms with E-state index in [1.165, 1.54) is 15.4 Å². The number of likely N-dealkylation sites (N-methyl/N-ethyl adjacent to an activating group) is 1. The predicted octanol–water partition coefficient (Wildman–Crippen LogP) is 0.618. The third-order valence-corrected chi connectivity index (χ3v) is 6.67. The number of hydrogen-bond acceptors (Lipinski definition) is 4. The minimum Gasteiger partial charge on any atom is -0.355 e. The molecule has 0 unspecified atom stereocenters. The summed E-state index contributed by atoms with van der Waals surface area (Å²) in [6.45, 7) is 4.87. The van der Waals surface area contributed by atoms with E-state index in [0.29, 0.717) is 44.2 Å². The first-order valence-electron chi connectivity index (χ1n) is 8.61. The van der Waals surface area contributed by atoms with Crippen molar-refractivity contribution in [1.82, 2.24) is 14.5 Å². The van der Waals surface area contributed by atoms with Crippen molar-refractivity contribution in [3.63, 3.8) is 0 Å². The van der Waals surface area contributed by atoms with E-state index in [1.54, 1.807) is 6.07 Å².